The second-order valence-electron chi connectivity index (χ2n) is 10.3. The summed E-state index contributed by atoms with van der Waals surface area (Å²) in [5, 5.41) is 12.6. The number of hydrogen-bond acceptors (Lipinski definition) is 11. The van der Waals surface area contributed by atoms with Crippen molar-refractivity contribution in [3.8, 4) is 11.5 Å². The van der Waals surface area contributed by atoms with E-state index in [1.807, 2.05) is 30.3 Å². The van der Waals surface area contributed by atoms with Crippen molar-refractivity contribution < 1.29 is 43.3 Å². The molecule has 2 aromatic carbocycles. The summed E-state index contributed by atoms with van der Waals surface area (Å²) in [6, 6.07) is 10.7. The third-order valence-electron chi connectivity index (χ3n) is 7.33. The minimum Gasteiger partial charge on any atom is -0.493 e. The first-order chi connectivity index (χ1) is 21.2. The van der Waals surface area contributed by atoms with Gasteiger partial charge in [-0.3, -0.25) is 14.9 Å². The van der Waals surface area contributed by atoms with Gasteiger partial charge in [0, 0.05) is 13.0 Å². The summed E-state index contributed by atoms with van der Waals surface area (Å²) in [6.07, 6.45) is 1.85. The van der Waals surface area contributed by atoms with Crippen molar-refractivity contribution in [2.45, 2.75) is 70.6 Å². The van der Waals surface area contributed by atoms with Gasteiger partial charge in [-0.25, -0.2) is 4.79 Å². The van der Waals surface area contributed by atoms with E-state index >= 15 is 0 Å². The fourth-order valence-electron chi connectivity index (χ4n) is 5.06. The molecule has 0 spiro atoms. The predicted octanol–water partition coefficient (Wildman–Crippen LogP) is 3.03. The number of nitrogens with one attached hydrogen (secondary N) is 1. The number of carbonyl (C=O) groups is 3. The van der Waals surface area contributed by atoms with E-state index in [0.717, 1.165) is 16.7 Å². The number of amides is 1. The maximum atomic E-state index is 13.9. The highest BCUT2D eigenvalue weighted by molar-refractivity contribution is 5.89. The van der Waals surface area contributed by atoms with Gasteiger partial charge in [-0.05, 0) is 68.4 Å². The number of ether oxygens (including phenoxy) is 4. The van der Waals surface area contributed by atoms with Crippen LogP contribution in [0.2, 0.25) is 0 Å². The number of unbranched alkanes of at least 4 members (excludes halogenated alkanes) is 1. The first kappa shape index (κ1) is 34.1. The highest BCUT2D eigenvalue weighted by Crippen LogP contribution is 2.35. The Labute approximate surface area is 256 Å². The van der Waals surface area contributed by atoms with Gasteiger partial charge >= 0.3 is 11.9 Å². The van der Waals surface area contributed by atoms with Crippen LogP contribution in [-0.4, -0.2) is 80.0 Å². The van der Waals surface area contributed by atoms with Crippen LogP contribution in [0.3, 0.4) is 0 Å². The van der Waals surface area contributed by atoms with Crippen LogP contribution in [0.25, 0.3) is 0 Å². The van der Waals surface area contributed by atoms with Crippen molar-refractivity contribution in [1.29, 1.82) is 0 Å². The first-order valence-corrected chi connectivity index (χ1v) is 14.6. The number of fused-ring (bicyclic) bond motifs is 1. The second-order valence-corrected chi connectivity index (χ2v) is 10.3. The number of methoxy groups -OCH3 is 2. The van der Waals surface area contributed by atoms with E-state index in [4.69, 9.17) is 18.9 Å². The number of hydrogen-bond donors (Lipinski definition) is 1. The van der Waals surface area contributed by atoms with Crippen LogP contribution in [0, 0.1) is 10.1 Å². The molecule has 1 heterocycles. The van der Waals surface area contributed by atoms with Gasteiger partial charge in [0.1, 0.15) is 12.1 Å². The van der Waals surface area contributed by atoms with Crippen LogP contribution in [-0.2, 0) is 48.1 Å². The van der Waals surface area contributed by atoms with Crippen molar-refractivity contribution in [2.75, 3.05) is 34.0 Å². The molecule has 1 N–H and O–H groups in total. The lowest BCUT2D eigenvalue weighted by atomic mass is 9.92. The Bertz CT molecular complexity index is 1270. The lowest BCUT2D eigenvalue weighted by Gasteiger charge is -2.37. The SMILES string of the molecule is CCOC(=O)C(CCc1ccccc1)NC(C)C(=O)N1Cc2cc(OC)c(OC)cc2CC1C(=O)OCCCCO[N+](=O)[O-]. The fraction of sp³-hybridized carbons (Fsp3) is 0.516. The van der Waals surface area contributed by atoms with Crippen molar-refractivity contribution in [3.05, 3.63) is 69.3 Å². The molecule has 0 aromatic heterocycles. The highest BCUT2D eigenvalue weighted by Gasteiger charge is 2.39. The van der Waals surface area contributed by atoms with Crippen molar-refractivity contribution >= 4 is 17.8 Å². The van der Waals surface area contributed by atoms with Crippen LogP contribution < -0.4 is 14.8 Å². The molecule has 0 aliphatic carbocycles. The standard InChI is InChI=1S/C31H41N3O10/c1-5-42-30(36)25(14-13-22-11-7-6-8-12-22)32-21(2)29(35)33-20-24-19-28(41-4)27(40-3)18-23(24)17-26(33)31(37)43-15-9-10-16-44-34(38)39/h6-8,11-12,18-19,21,25-26,32H,5,9-10,13-17,20H2,1-4H3. The molecule has 44 heavy (non-hydrogen) atoms. The van der Waals surface area contributed by atoms with E-state index in [1.54, 1.807) is 26.0 Å². The molecule has 0 radical (unpaired) electrons. The minimum absolute atomic E-state index is 0.00938. The van der Waals surface area contributed by atoms with Gasteiger partial charge < -0.3 is 28.7 Å². The summed E-state index contributed by atoms with van der Waals surface area (Å²) >= 11 is 0. The molecule has 2 aromatic rings. The summed E-state index contributed by atoms with van der Waals surface area (Å²) < 4.78 is 21.7. The van der Waals surface area contributed by atoms with Gasteiger partial charge in [-0.2, -0.15) is 0 Å². The van der Waals surface area contributed by atoms with Crippen molar-refractivity contribution in [3.63, 3.8) is 0 Å². The van der Waals surface area contributed by atoms with Gasteiger partial charge in [-0.15, -0.1) is 10.1 Å². The van der Waals surface area contributed by atoms with E-state index in [1.165, 1.54) is 19.1 Å². The summed E-state index contributed by atoms with van der Waals surface area (Å²) in [4.78, 5) is 56.2. The molecule has 1 aliphatic heterocycles. The molecule has 3 rings (SSSR count). The van der Waals surface area contributed by atoms with Gasteiger partial charge in [0.2, 0.25) is 5.91 Å². The van der Waals surface area contributed by atoms with E-state index < -0.39 is 35.2 Å². The largest absolute Gasteiger partial charge is 0.493 e. The van der Waals surface area contributed by atoms with E-state index in [-0.39, 0.29) is 38.7 Å². The number of carbonyl (C=O) groups excluding carboxylic acids is 3. The molecular weight excluding hydrogens is 574 g/mol. The Kier molecular flexibility index (Phi) is 13.2. The Morgan fingerprint density at radius 1 is 1.02 bits per heavy atom. The van der Waals surface area contributed by atoms with E-state index in [9.17, 15) is 24.5 Å². The monoisotopic (exact) mass is 615 g/mol. The average molecular weight is 616 g/mol. The molecule has 1 amide bonds. The molecule has 240 valence electrons. The summed E-state index contributed by atoms with van der Waals surface area (Å²) in [7, 11) is 3.03. The number of aryl methyl sites for hydroxylation is 1. The Morgan fingerprint density at radius 2 is 1.68 bits per heavy atom. The average Bonchev–Trinajstić information content (AvgIpc) is 3.03. The quantitative estimate of drug-likeness (QED) is 0.121. The maximum Gasteiger partial charge on any atom is 0.329 e. The molecule has 0 fully saturated rings. The zero-order valence-electron chi connectivity index (χ0n) is 25.6. The van der Waals surface area contributed by atoms with Crippen molar-refractivity contribution in [1.82, 2.24) is 10.2 Å². The van der Waals surface area contributed by atoms with E-state index in [2.05, 4.69) is 10.2 Å². The predicted molar refractivity (Wildman–Crippen MR) is 159 cm³/mol. The number of benzene rings is 2. The lowest BCUT2D eigenvalue weighted by Crippen LogP contribution is -2.56. The van der Waals surface area contributed by atoms with Crippen LogP contribution in [0.4, 0.5) is 0 Å². The van der Waals surface area contributed by atoms with Crippen LogP contribution >= 0.6 is 0 Å². The number of nitrogens with zero attached hydrogens (tertiary/aromatic N) is 2. The maximum absolute atomic E-state index is 13.9. The Balaban J connectivity index is 1.78. The molecule has 0 saturated carbocycles. The third kappa shape index (κ3) is 9.56. The molecule has 13 heteroatoms. The van der Waals surface area contributed by atoms with Crippen molar-refractivity contribution in [2.24, 2.45) is 0 Å². The van der Waals surface area contributed by atoms with Crippen LogP contribution in [0.5, 0.6) is 11.5 Å². The minimum atomic E-state index is -0.947. The van der Waals surface area contributed by atoms with Crippen LogP contribution in [0.15, 0.2) is 42.5 Å². The zero-order valence-corrected chi connectivity index (χ0v) is 25.6. The topological polar surface area (TPSA) is 156 Å². The summed E-state index contributed by atoms with van der Waals surface area (Å²) in [6.45, 7) is 3.58. The molecule has 0 saturated heterocycles. The van der Waals surface area contributed by atoms with Gasteiger partial charge in [-0.1, -0.05) is 30.3 Å². The molecule has 3 unspecified atom stereocenters. The smallest absolute Gasteiger partial charge is 0.329 e. The van der Waals surface area contributed by atoms with E-state index in [0.29, 0.717) is 37.2 Å². The zero-order chi connectivity index (χ0) is 32.1. The number of rotatable bonds is 17. The normalized spacial score (nSPS) is 15.4. The lowest BCUT2D eigenvalue weighted by molar-refractivity contribution is -0.757. The first-order valence-electron chi connectivity index (χ1n) is 14.6. The number of esters is 2. The van der Waals surface area contributed by atoms with Gasteiger partial charge in [0.15, 0.2) is 11.5 Å². The van der Waals surface area contributed by atoms with Crippen LogP contribution in [0.1, 0.15) is 49.8 Å². The highest BCUT2D eigenvalue weighted by atomic mass is 16.9. The third-order valence-corrected chi connectivity index (χ3v) is 7.33. The molecule has 13 nitrogen and oxygen atoms in total. The Hall–Kier alpha value is -4.39. The second kappa shape index (κ2) is 17.0. The van der Waals surface area contributed by atoms with Gasteiger partial charge in [0.25, 0.3) is 5.09 Å². The van der Waals surface area contributed by atoms with Gasteiger partial charge in [0.05, 0.1) is 40.1 Å². The summed E-state index contributed by atoms with van der Waals surface area (Å²) in [5.41, 5.74) is 2.64. The molecule has 0 bridgehead atoms. The Morgan fingerprint density at radius 3 is 2.32 bits per heavy atom. The fourth-order valence-corrected chi connectivity index (χ4v) is 5.06. The molecule has 1 aliphatic rings. The molecular formula is C31H41N3O10. The molecule has 3 atom stereocenters. The summed E-state index contributed by atoms with van der Waals surface area (Å²) in [5.74, 6) is -0.463.